The molecule has 3 nitrogen and oxygen atoms in total. The lowest BCUT2D eigenvalue weighted by Crippen LogP contribution is -2.20. The zero-order chi connectivity index (χ0) is 19.4. The summed E-state index contributed by atoms with van der Waals surface area (Å²) in [5.74, 6) is 1.02. The fourth-order valence-electron chi connectivity index (χ4n) is 3.17. The van der Waals surface area contributed by atoms with Crippen molar-refractivity contribution in [2.45, 2.75) is 12.5 Å². The number of methoxy groups -OCH3 is 1. The van der Waals surface area contributed by atoms with Crippen LogP contribution in [0.1, 0.15) is 12.5 Å². The maximum Gasteiger partial charge on any atom is 0.127 e. The minimum atomic E-state index is -0.501. The monoisotopic (exact) mass is 360 g/mol. The molecule has 27 heavy (non-hydrogen) atoms. The van der Waals surface area contributed by atoms with Crippen LogP contribution in [-0.2, 0) is 9.47 Å². The van der Waals surface area contributed by atoms with Gasteiger partial charge in [0.15, 0.2) is 0 Å². The Morgan fingerprint density at radius 3 is 2.52 bits per heavy atom. The molecule has 1 heterocycles. The van der Waals surface area contributed by atoms with Crippen LogP contribution in [0.3, 0.4) is 0 Å². The first-order valence-corrected chi connectivity index (χ1v) is 8.80. The largest absolute Gasteiger partial charge is 0.508 e. The number of hydrogen-bond donors (Lipinski definition) is 1. The second-order valence-corrected chi connectivity index (χ2v) is 6.58. The first-order chi connectivity index (χ1) is 13.0. The van der Waals surface area contributed by atoms with Gasteiger partial charge in [0, 0.05) is 18.3 Å². The van der Waals surface area contributed by atoms with Crippen LogP contribution in [0.2, 0.25) is 0 Å². The van der Waals surface area contributed by atoms with Crippen molar-refractivity contribution in [2.75, 3.05) is 13.7 Å². The molecule has 0 saturated carbocycles. The van der Waals surface area contributed by atoms with Crippen molar-refractivity contribution in [1.82, 2.24) is 0 Å². The molecular formula is C24H24O3. The minimum Gasteiger partial charge on any atom is -0.508 e. The number of hydrogen-bond acceptors (Lipinski definition) is 3. The summed E-state index contributed by atoms with van der Waals surface area (Å²) >= 11 is 0. The van der Waals surface area contributed by atoms with Crippen molar-refractivity contribution >= 4 is 5.57 Å². The van der Waals surface area contributed by atoms with Crippen molar-refractivity contribution < 1.29 is 14.6 Å². The number of phenolic OH excluding ortho intramolecular Hbond substituents is 1. The Bertz CT molecular complexity index is 907. The maximum atomic E-state index is 9.70. The molecule has 1 unspecified atom stereocenters. The van der Waals surface area contributed by atoms with Gasteiger partial charge in [-0.15, -0.1) is 0 Å². The van der Waals surface area contributed by atoms with Crippen LogP contribution in [0.5, 0.6) is 5.75 Å². The van der Waals surface area contributed by atoms with E-state index in [0.717, 1.165) is 33.6 Å². The van der Waals surface area contributed by atoms with Crippen molar-refractivity contribution in [2.24, 2.45) is 0 Å². The number of allylic oxidation sites excluding steroid dienone is 7. The molecule has 1 atom stereocenters. The van der Waals surface area contributed by atoms with E-state index in [-0.39, 0.29) is 5.75 Å². The summed E-state index contributed by atoms with van der Waals surface area (Å²) in [6.45, 7) is 10.2. The predicted octanol–water partition coefficient (Wildman–Crippen LogP) is 5.26. The molecule has 0 fully saturated rings. The molecule has 1 aliphatic carbocycles. The summed E-state index contributed by atoms with van der Waals surface area (Å²) < 4.78 is 11.7. The normalized spacial score (nSPS) is 22.2. The molecule has 138 valence electrons. The Balaban J connectivity index is 2.25. The van der Waals surface area contributed by atoms with E-state index in [1.54, 1.807) is 25.3 Å². The average molecular weight is 360 g/mol. The summed E-state index contributed by atoms with van der Waals surface area (Å²) in [5.41, 5.74) is 4.49. The number of rotatable bonds is 5. The van der Waals surface area contributed by atoms with Crippen LogP contribution in [0, 0.1) is 0 Å². The fourth-order valence-corrected chi connectivity index (χ4v) is 3.17. The molecular weight excluding hydrogens is 336 g/mol. The molecule has 0 amide bonds. The van der Waals surface area contributed by atoms with E-state index in [1.165, 1.54) is 0 Å². The summed E-state index contributed by atoms with van der Waals surface area (Å²) in [5, 5.41) is 9.70. The molecule has 3 heteroatoms. The second kappa shape index (κ2) is 7.68. The van der Waals surface area contributed by atoms with Crippen molar-refractivity contribution in [3.8, 4) is 5.75 Å². The standard InChI is InChI=1S/C24H24O3/c1-5-7-17(6-2)21-16-27-22-13-15-24(3,26-4)14-12-20(22)23(21)18-8-10-19(25)11-9-18/h5-15,25H,1-2,16H2,3-4H3/b17-7+. The lowest BCUT2D eigenvalue weighted by Gasteiger charge is -2.25. The molecule has 0 spiro atoms. The number of benzene rings is 1. The summed E-state index contributed by atoms with van der Waals surface area (Å²) in [4.78, 5) is 0. The van der Waals surface area contributed by atoms with Crippen LogP contribution in [-0.4, -0.2) is 24.4 Å². The van der Waals surface area contributed by atoms with Crippen molar-refractivity contribution in [3.63, 3.8) is 0 Å². The smallest absolute Gasteiger partial charge is 0.127 e. The summed E-state index contributed by atoms with van der Waals surface area (Å²) in [7, 11) is 1.69. The Labute approximate surface area is 160 Å². The fraction of sp³-hybridized carbons (Fsp3) is 0.167. The number of aromatic hydroxyl groups is 1. The molecule has 1 N–H and O–H groups in total. The van der Waals surface area contributed by atoms with Crippen LogP contribution in [0.4, 0.5) is 0 Å². The predicted molar refractivity (Wildman–Crippen MR) is 110 cm³/mol. The van der Waals surface area contributed by atoms with Crippen molar-refractivity contribution in [3.05, 3.63) is 108 Å². The van der Waals surface area contributed by atoms with Gasteiger partial charge in [-0.25, -0.2) is 0 Å². The van der Waals surface area contributed by atoms with Gasteiger partial charge in [-0.05, 0) is 54.0 Å². The zero-order valence-corrected chi connectivity index (χ0v) is 15.7. The quantitative estimate of drug-likeness (QED) is 0.728. The molecule has 1 aromatic rings. The third-order valence-corrected chi connectivity index (χ3v) is 4.82. The highest BCUT2D eigenvalue weighted by atomic mass is 16.5. The highest BCUT2D eigenvalue weighted by Gasteiger charge is 2.27. The Morgan fingerprint density at radius 2 is 1.89 bits per heavy atom. The SMILES string of the molecule is C=C/C=C(\C=C)C1=C(c2ccc(O)cc2)C2=C(C=CC(C)(OC)C=C2)OC1. The van der Waals surface area contributed by atoms with E-state index < -0.39 is 5.60 Å². The van der Waals surface area contributed by atoms with E-state index >= 15 is 0 Å². The number of ether oxygens (including phenoxy) is 2. The highest BCUT2D eigenvalue weighted by molar-refractivity contribution is 5.89. The molecule has 1 aliphatic heterocycles. The molecule has 3 rings (SSSR count). The first-order valence-electron chi connectivity index (χ1n) is 8.80. The van der Waals surface area contributed by atoms with Gasteiger partial charge < -0.3 is 14.6 Å². The van der Waals surface area contributed by atoms with Gasteiger partial charge in [0.1, 0.15) is 23.7 Å². The molecule has 2 aliphatic rings. The van der Waals surface area contributed by atoms with Crippen LogP contribution < -0.4 is 0 Å². The van der Waals surface area contributed by atoms with E-state index in [9.17, 15) is 5.11 Å². The Morgan fingerprint density at radius 1 is 1.19 bits per heavy atom. The Kier molecular flexibility index (Phi) is 5.33. The van der Waals surface area contributed by atoms with Gasteiger partial charge >= 0.3 is 0 Å². The van der Waals surface area contributed by atoms with Gasteiger partial charge in [0.05, 0.1) is 0 Å². The average Bonchev–Trinajstić information content (AvgIpc) is 2.86. The van der Waals surface area contributed by atoms with Gasteiger partial charge in [-0.1, -0.05) is 49.6 Å². The van der Waals surface area contributed by atoms with Gasteiger partial charge in [0.25, 0.3) is 0 Å². The van der Waals surface area contributed by atoms with Crippen LogP contribution in [0.15, 0.2) is 102 Å². The number of phenols is 1. The molecule has 0 saturated heterocycles. The summed E-state index contributed by atoms with van der Waals surface area (Å²) in [6.07, 6.45) is 13.5. The first kappa shape index (κ1) is 18.7. The van der Waals surface area contributed by atoms with Gasteiger partial charge in [-0.2, -0.15) is 0 Å². The van der Waals surface area contributed by atoms with Crippen LogP contribution in [0.25, 0.3) is 5.57 Å². The molecule has 0 radical (unpaired) electrons. The van der Waals surface area contributed by atoms with Gasteiger partial charge in [0.2, 0.25) is 0 Å². The van der Waals surface area contributed by atoms with Crippen LogP contribution >= 0.6 is 0 Å². The molecule has 1 aromatic carbocycles. The molecule has 0 bridgehead atoms. The highest BCUT2D eigenvalue weighted by Crippen LogP contribution is 2.40. The molecule has 0 aromatic heterocycles. The lowest BCUT2D eigenvalue weighted by atomic mass is 9.87. The van der Waals surface area contributed by atoms with E-state index in [2.05, 4.69) is 13.2 Å². The van der Waals surface area contributed by atoms with E-state index in [4.69, 9.17) is 9.47 Å². The second-order valence-electron chi connectivity index (χ2n) is 6.58. The van der Waals surface area contributed by atoms with E-state index in [0.29, 0.717) is 6.61 Å². The third-order valence-electron chi connectivity index (χ3n) is 4.82. The topological polar surface area (TPSA) is 38.7 Å². The minimum absolute atomic E-state index is 0.232. The van der Waals surface area contributed by atoms with Crippen molar-refractivity contribution in [1.29, 1.82) is 0 Å². The third kappa shape index (κ3) is 3.74. The lowest BCUT2D eigenvalue weighted by molar-refractivity contribution is 0.0906. The van der Waals surface area contributed by atoms with Gasteiger partial charge in [-0.3, -0.25) is 0 Å². The zero-order valence-electron chi connectivity index (χ0n) is 15.7. The van der Waals surface area contributed by atoms with E-state index in [1.807, 2.05) is 55.5 Å². The summed E-state index contributed by atoms with van der Waals surface area (Å²) in [6, 6.07) is 7.20. The Hall–Kier alpha value is -3.04. The maximum absolute atomic E-state index is 9.70.